The summed E-state index contributed by atoms with van der Waals surface area (Å²) in [4.78, 5) is 32.6. The largest absolute Gasteiger partial charge is 0.378 e. The lowest BCUT2D eigenvalue weighted by atomic mass is 10.0. The fourth-order valence-corrected chi connectivity index (χ4v) is 4.27. The fourth-order valence-electron chi connectivity index (χ4n) is 4.14. The number of hydrogen-bond donors (Lipinski definition) is 1. The van der Waals surface area contributed by atoms with Crippen molar-refractivity contribution in [3.63, 3.8) is 0 Å². The Kier molecular flexibility index (Phi) is 6.49. The van der Waals surface area contributed by atoms with Crippen molar-refractivity contribution in [1.29, 1.82) is 0 Å². The molecule has 2 amide bonds. The van der Waals surface area contributed by atoms with Gasteiger partial charge in [-0.25, -0.2) is 4.98 Å². The molecule has 0 spiro atoms. The van der Waals surface area contributed by atoms with E-state index in [1.165, 1.54) is 0 Å². The number of pyridine rings is 1. The maximum Gasteiger partial charge on any atom is 0.256 e. The zero-order valence-electron chi connectivity index (χ0n) is 19.3. The van der Waals surface area contributed by atoms with Crippen LogP contribution in [0.3, 0.4) is 0 Å². The van der Waals surface area contributed by atoms with Crippen LogP contribution in [0.1, 0.15) is 26.3 Å². The second kappa shape index (κ2) is 9.86. The molecule has 1 saturated heterocycles. The minimum atomic E-state index is -0.245. The van der Waals surface area contributed by atoms with E-state index in [0.29, 0.717) is 53.8 Å². The summed E-state index contributed by atoms with van der Waals surface area (Å²) >= 11 is 6.04. The number of aromatic nitrogens is 1. The topological polar surface area (TPSA) is 71.5 Å². The molecule has 4 aromatic rings. The highest BCUT2D eigenvalue weighted by molar-refractivity contribution is 6.30. The third kappa shape index (κ3) is 5.04. The second-order valence-electron chi connectivity index (χ2n) is 8.52. The summed E-state index contributed by atoms with van der Waals surface area (Å²) in [5.74, 6) is -0.278. The minimum absolute atomic E-state index is 0.0330. The van der Waals surface area contributed by atoms with E-state index in [9.17, 15) is 9.59 Å². The standard InChI is InChI=1S/C28H24ClN3O3/c1-18-2-11-25-23(16-18)24(17-26(31-25)19-3-7-21(29)8-4-19)27(33)30-22-9-5-20(6-10-22)28(34)32-12-14-35-15-13-32/h2-11,16-17H,12-15H2,1H3,(H,30,33). The lowest BCUT2D eigenvalue weighted by molar-refractivity contribution is 0.0303. The van der Waals surface area contributed by atoms with Crippen LogP contribution in [-0.2, 0) is 4.74 Å². The third-order valence-electron chi connectivity index (χ3n) is 6.04. The molecule has 1 fully saturated rings. The Balaban J connectivity index is 1.43. The molecule has 0 aliphatic carbocycles. The Bertz CT molecular complexity index is 1400. The van der Waals surface area contributed by atoms with Crippen molar-refractivity contribution >= 4 is 40.0 Å². The van der Waals surface area contributed by atoms with E-state index in [1.54, 1.807) is 47.4 Å². The lowest BCUT2D eigenvalue weighted by Gasteiger charge is -2.26. The molecule has 0 bridgehead atoms. The number of nitrogens with zero attached hydrogens (tertiary/aromatic N) is 2. The van der Waals surface area contributed by atoms with Crippen LogP contribution >= 0.6 is 11.6 Å². The third-order valence-corrected chi connectivity index (χ3v) is 6.29. The predicted molar refractivity (Wildman–Crippen MR) is 138 cm³/mol. The molecule has 0 unspecified atom stereocenters. The summed E-state index contributed by atoms with van der Waals surface area (Å²) < 4.78 is 5.32. The van der Waals surface area contributed by atoms with Gasteiger partial charge >= 0.3 is 0 Å². The number of benzene rings is 3. The van der Waals surface area contributed by atoms with Gasteiger partial charge in [0.1, 0.15) is 0 Å². The molecule has 1 aliphatic heterocycles. The maximum absolute atomic E-state index is 13.4. The Morgan fingerprint density at radius 2 is 1.66 bits per heavy atom. The maximum atomic E-state index is 13.4. The molecule has 1 aromatic heterocycles. The van der Waals surface area contributed by atoms with E-state index in [1.807, 2.05) is 37.3 Å². The van der Waals surface area contributed by atoms with Crippen LogP contribution in [0.15, 0.2) is 72.8 Å². The van der Waals surface area contributed by atoms with Crippen LogP contribution in [-0.4, -0.2) is 48.0 Å². The number of morpholine rings is 1. The van der Waals surface area contributed by atoms with E-state index in [4.69, 9.17) is 21.3 Å². The molecule has 0 saturated carbocycles. The molecular weight excluding hydrogens is 462 g/mol. The van der Waals surface area contributed by atoms with E-state index >= 15 is 0 Å². The molecule has 3 aromatic carbocycles. The Labute approximate surface area is 208 Å². The summed E-state index contributed by atoms with van der Waals surface area (Å²) in [6.07, 6.45) is 0. The highest BCUT2D eigenvalue weighted by Gasteiger charge is 2.19. The summed E-state index contributed by atoms with van der Waals surface area (Å²) in [6, 6.07) is 22.0. The van der Waals surface area contributed by atoms with Crippen LogP contribution in [0.4, 0.5) is 5.69 Å². The van der Waals surface area contributed by atoms with Gasteiger partial charge in [-0.15, -0.1) is 0 Å². The van der Waals surface area contributed by atoms with Crippen molar-refractivity contribution in [3.8, 4) is 11.3 Å². The van der Waals surface area contributed by atoms with Gasteiger partial charge in [0.25, 0.3) is 11.8 Å². The first kappa shape index (κ1) is 23.0. The lowest BCUT2D eigenvalue weighted by Crippen LogP contribution is -2.40. The average Bonchev–Trinajstić information content (AvgIpc) is 2.89. The first-order valence-electron chi connectivity index (χ1n) is 11.4. The Morgan fingerprint density at radius 3 is 2.37 bits per heavy atom. The number of aryl methyl sites for hydroxylation is 1. The van der Waals surface area contributed by atoms with Gasteiger partial charge in [0.15, 0.2) is 0 Å². The number of carbonyl (C=O) groups excluding carboxylic acids is 2. The van der Waals surface area contributed by atoms with Gasteiger partial charge in [-0.3, -0.25) is 9.59 Å². The van der Waals surface area contributed by atoms with E-state index in [0.717, 1.165) is 22.0 Å². The number of carbonyl (C=O) groups is 2. The molecule has 1 N–H and O–H groups in total. The zero-order chi connectivity index (χ0) is 24.4. The van der Waals surface area contributed by atoms with Crippen LogP contribution < -0.4 is 5.32 Å². The average molecular weight is 486 g/mol. The number of anilines is 1. The summed E-state index contributed by atoms with van der Waals surface area (Å²) in [6.45, 7) is 4.26. The summed E-state index contributed by atoms with van der Waals surface area (Å²) in [5.41, 5.74) is 5.06. The second-order valence-corrected chi connectivity index (χ2v) is 8.96. The van der Waals surface area contributed by atoms with Crippen LogP contribution in [0.25, 0.3) is 22.2 Å². The highest BCUT2D eigenvalue weighted by Crippen LogP contribution is 2.27. The van der Waals surface area contributed by atoms with Gasteiger partial charge in [-0.2, -0.15) is 0 Å². The van der Waals surface area contributed by atoms with Crippen molar-refractivity contribution < 1.29 is 14.3 Å². The SMILES string of the molecule is Cc1ccc2nc(-c3ccc(Cl)cc3)cc(C(=O)Nc3ccc(C(=O)N4CCOCC4)cc3)c2c1. The fraction of sp³-hybridized carbons (Fsp3) is 0.179. The molecule has 35 heavy (non-hydrogen) atoms. The van der Waals surface area contributed by atoms with Gasteiger partial charge in [-0.05, 0) is 61.5 Å². The van der Waals surface area contributed by atoms with Crippen LogP contribution in [0.2, 0.25) is 5.02 Å². The Hall–Kier alpha value is -3.74. The zero-order valence-corrected chi connectivity index (χ0v) is 20.0. The molecule has 5 rings (SSSR count). The quantitative estimate of drug-likeness (QED) is 0.409. The molecule has 176 valence electrons. The number of nitrogens with one attached hydrogen (secondary N) is 1. The monoisotopic (exact) mass is 485 g/mol. The van der Waals surface area contributed by atoms with Gasteiger partial charge in [0.05, 0.1) is 30.0 Å². The van der Waals surface area contributed by atoms with Gasteiger partial charge in [0.2, 0.25) is 0 Å². The summed E-state index contributed by atoms with van der Waals surface area (Å²) in [5, 5.41) is 4.39. The first-order chi connectivity index (χ1) is 17.0. The van der Waals surface area contributed by atoms with Crippen molar-refractivity contribution in [2.24, 2.45) is 0 Å². The highest BCUT2D eigenvalue weighted by atomic mass is 35.5. The predicted octanol–water partition coefficient (Wildman–Crippen LogP) is 5.59. The van der Waals surface area contributed by atoms with Crippen LogP contribution in [0, 0.1) is 6.92 Å². The normalized spacial score (nSPS) is 13.6. The van der Waals surface area contributed by atoms with Crippen molar-refractivity contribution in [1.82, 2.24) is 9.88 Å². The number of amides is 2. The molecule has 1 aliphatic rings. The first-order valence-corrected chi connectivity index (χ1v) is 11.8. The number of halogens is 1. The van der Waals surface area contributed by atoms with E-state index < -0.39 is 0 Å². The molecule has 7 heteroatoms. The van der Waals surface area contributed by atoms with Gasteiger partial charge in [0, 0.05) is 40.3 Å². The molecular formula is C28H24ClN3O3. The van der Waals surface area contributed by atoms with Crippen molar-refractivity contribution in [3.05, 3.63) is 94.5 Å². The molecule has 0 atom stereocenters. The summed E-state index contributed by atoms with van der Waals surface area (Å²) in [7, 11) is 0. The number of ether oxygens (including phenoxy) is 1. The van der Waals surface area contributed by atoms with Gasteiger partial charge < -0.3 is 15.0 Å². The Morgan fingerprint density at radius 1 is 0.943 bits per heavy atom. The van der Waals surface area contributed by atoms with E-state index in [-0.39, 0.29) is 11.8 Å². The number of fused-ring (bicyclic) bond motifs is 1. The number of hydrogen-bond acceptors (Lipinski definition) is 4. The number of rotatable bonds is 4. The van der Waals surface area contributed by atoms with Crippen molar-refractivity contribution in [2.45, 2.75) is 6.92 Å². The van der Waals surface area contributed by atoms with E-state index in [2.05, 4.69) is 5.32 Å². The molecule has 6 nitrogen and oxygen atoms in total. The molecule has 0 radical (unpaired) electrons. The minimum Gasteiger partial charge on any atom is -0.378 e. The van der Waals surface area contributed by atoms with Crippen LogP contribution in [0.5, 0.6) is 0 Å². The smallest absolute Gasteiger partial charge is 0.256 e. The van der Waals surface area contributed by atoms with Crippen molar-refractivity contribution in [2.75, 3.05) is 31.6 Å². The van der Waals surface area contributed by atoms with Gasteiger partial charge in [-0.1, -0.05) is 35.4 Å². The molecule has 2 heterocycles.